The lowest BCUT2D eigenvalue weighted by atomic mass is 10.2. The lowest BCUT2D eigenvalue weighted by molar-refractivity contribution is 0.0956. The van der Waals surface area contributed by atoms with Gasteiger partial charge in [0, 0.05) is 13.2 Å². The number of rotatable bonds is 4. The monoisotopic (exact) mass is 279 g/mol. The standard InChI is InChI=1S/C13H14ClN3O2/c1-9-3-4-10(14)12(7-9)19-8-17-6-5-11(16-17)13(18)15-2/h3-7H,8H2,1-2H3,(H,15,18). The Labute approximate surface area is 116 Å². The van der Waals surface area contributed by atoms with Crippen LogP contribution < -0.4 is 10.1 Å². The molecule has 0 spiro atoms. The highest BCUT2D eigenvalue weighted by molar-refractivity contribution is 6.32. The van der Waals surface area contributed by atoms with Crippen molar-refractivity contribution in [2.24, 2.45) is 0 Å². The molecular weight excluding hydrogens is 266 g/mol. The zero-order valence-electron chi connectivity index (χ0n) is 10.7. The number of halogens is 1. The highest BCUT2D eigenvalue weighted by Gasteiger charge is 2.07. The summed E-state index contributed by atoms with van der Waals surface area (Å²) in [4.78, 5) is 11.4. The number of hydrogen-bond acceptors (Lipinski definition) is 3. The fourth-order valence-electron chi connectivity index (χ4n) is 1.54. The van der Waals surface area contributed by atoms with Crippen molar-refractivity contribution in [1.29, 1.82) is 0 Å². The average Bonchev–Trinajstić information content (AvgIpc) is 2.88. The molecule has 2 aromatic rings. The predicted octanol–water partition coefficient (Wildman–Crippen LogP) is 2.24. The minimum absolute atomic E-state index is 0.195. The van der Waals surface area contributed by atoms with E-state index in [4.69, 9.17) is 16.3 Å². The van der Waals surface area contributed by atoms with E-state index in [-0.39, 0.29) is 12.6 Å². The SMILES string of the molecule is CNC(=O)c1ccn(COc2cc(C)ccc2Cl)n1. The van der Waals surface area contributed by atoms with Crippen LogP contribution in [0.3, 0.4) is 0 Å². The van der Waals surface area contributed by atoms with Crippen LogP contribution >= 0.6 is 11.6 Å². The van der Waals surface area contributed by atoms with Gasteiger partial charge in [0.1, 0.15) is 11.4 Å². The molecule has 0 aliphatic rings. The first kappa shape index (κ1) is 13.4. The first-order valence-corrected chi connectivity index (χ1v) is 6.12. The van der Waals surface area contributed by atoms with E-state index in [1.54, 1.807) is 25.4 Å². The summed E-state index contributed by atoms with van der Waals surface area (Å²) in [7, 11) is 1.56. The summed E-state index contributed by atoms with van der Waals surface area (Å²) in [5, 5.41) is 7.14. The van der Waals surface area contributed by atoms with Crippen molar-refractivity contribution in [2.45, 2.75) is 13.7 Å². The van der Waals surface area contributed by atoms with Crippen LogP contribution in [0.25, 0.3) is 0 Å². The number of nitrogens with zero attached hydrogens (tertiary/aromatic N) is 2. The maximum atomic E-state index is 11.4. The molecule has 1 amide bonds. The molecule has 0 aliphatic heterocycles. The van der Waals surface area contributed by atoms with Crippen LogP contribution in [0.4, 0.5) is 0 Å². The van der Waals surface area contributed by atoms with E-state index in [0.717, 1.165) is 5.56 Å². The van der Waals surface area contributed by atoms with Crippen LogP contribution in [0.2, 0.25) is 5.02 Å². The minimum atomic E-state index is -0.229. The largest absolute Gasteiger partial charge is 0.470 e. The molecule has 0 fully saturated rings. The molecular formula is C13H14ClN3O2. The van der Waals surface area contributed by atoms with E-state index in [1.807, 2.05) is 19.1 Å². The van der Waals surface area contributed by atoms with Crippen molar-refractivity contribution in [1.82, 2.24) is 15.1 Å². The van der Waals surface area contributed by atoms with E-state index in [1.165, 1.54) is 4.68 Å². The molecule has 0 saturated heterocycles. The van der Waals surface area contributed by atoms with Gasteiger partial charge in [-0.15, -0.1) is 0 Å². The normalized spacial score (nSPS) is 10.3. The third-order valence-corrected chi connectivity index (χ3v) is 2.85. The Balaban J connectivity index is 2.04. The number of hydrogen-bond donors (Lipinski definition) is 1. The summed E-state index contributed by atoms with van der Waals surface area (Å²) in [6, 6.07) is 7.17. The van der Waals surface area contributed by atoms with Gasteiger partial charge < -0.3 is 10.1 Å². The van der Waals surface area contributed by atoms with Crippen LogP contribution in [0, 0.1) is 6.92 Å². The van der Waals surface area contributed by atoms with Gasteiger partial charge in [-0.1, -0.05) is 17.7 Å². The van der Waals surface area contributed by atoms with Crippen LogP contribution in [0.1, 0.15) is 16.1 Å². The Hall–Kier alpha value is -2.01. The molecule has 0 radical (unpaired) electrons. The van der Waals surface area contributed by atoms with Crippen LogP contribution in [-0.2, 0) is 6.73 Å². The lowest BCUT2D eigenvalue weighted by Gasteiger charge is -2.08. The molecule has 0 bridgehead atoms. The molecule has 0 unspecified atom stereocenters. The van der Waals surface area contributed by atoms with Crippen molar-refractivity contribution in [3.8, 4) is 5.75 Å². The molecule has 0 saturated carbocycles. The third-order valence-electron chi connectivity index (χ3n) is 2.54. The van der Waals surface area contributed by atoms with Gasteiger partial charge in [-0.25, -0.2) is 4.68 Å². The predicted molar refractivity (Wildman–Crippen MR) is 72.4 cm³/mol. The van der Waals surface area contributed by atoms with E-state index in [9.17, 15) is 4.79 Å². The molecule has 0 atom stereocenters. The number of amides is 1. The second-order valence-corrected chi connectivity index (χ2v) is 4.43. The number of carbonyl (C=O) groups is 1. The van der Waals surface area contributed by atoms with Gasteiger partial charge >= 0.3 is 0 Å². The Kier molecular flexibility index (Phi) is 4.06. The molecule has 1 aromatic heterocycles. The number of benzene rings is 1. The highest BCUT2D eigenvalue weighted by Crippen LogP contribution is 2.25. The number of nitrogens with one attached hydrogen (secondary N) is 1. The van der Waals surface area contributed by atoms with Gasteiger partial charge in [-0.2, -0.15) is 5.10 Å². The fourth-order valence-corrected chi connectivity index (χ4v) is 1.71. The topological polar surface area (TPSA) is 56.2 Å². The lowest BCUT2D eigenvalue weighted by Crippen LogP contribution is -2.19. The summed E-state index contributed by atoms with van der Waals surface area (Å²) in [6.45, 7) is 2.15. The molecule has 19 heavy (non-hydrogen) atoms. The Morgan fingerprint density at radius 1 is 1.47 bits per heavy atom. The quantitative estimate of drug-likeness (QED) is 0.934. The van der Waals surface area contributed by atoms with Gasteiger partial charge in [0.05, 0.1) is 5.02 Å². The second kappa shape index (κ2) is 5.75. The summed E-state index contributed by atoms with van der Waals surface area (Å²) >= 11 is 6.02. The smallest absolute Gasteiger partial charge is 0.271 e. The third kappa shape index (κ3) is 3.26. The van der Waals surface area contributed by atoms with Gasteiger partial charge in [-0.05, 0) is 30.7 Å². The Morgan fingerprint density at radius 3 is 3.00 bits per heavy atom. The van der Waals surface area contributed by atoms with Crippen LogP contribution in [0.5, 0.6) is 5.75 Å². The summed E-state index contributed by atoms with van der Waals surface area (Å²) in [6.07, 6.45) is 1.67. The van der Waals surface area contributed by atoms with E-state index >= 15 is 0 Å². The number of aryl methyl sites for hydroxylation is 1. The molecule has 0 aliphatic carbocycles. The van der Waals surface area contributed by atoms with Crippen LogP contribution in [0.15, 0.2) is 30.5 Å². The number of ether oxygens (including phenoxy) is 1. The van der Waals surface area contributed by atoms with Crippen molar-refractivity contribution < 1.29 is 9.53 Å². The van der Waals surface area contributed by atoms with E-state index in [2.05, 4.69) is 10.4 Å². The maximum absolute atomic E-state index is 11.4. The first-order valence-electron chi connectivity index (χ1n) is 5.74. The highest BCUT2D eigenvalue weighted by atomic mass is 35.5. The zero-order valence-corrected chi connectivity index (χ0v) is 11.4. The summed E-state index contributed by atoms with van der Waals surface area (Å²) in [5.41, 5.74) is 1.41. The molecule has 1 N–H and O–H groups in total. The first-order chi connectivity index (χ1) is 9.10. The molecule has 1 heterocycles. The number of carbonyl (C=O) groups excluding carboxylic acids is 1. The molecule has 2 rings (SSSR count). The van der Waals surface area contributed by atoms with Gasteiger partial charge in [0.15, 0.2) is 6.73 Å². The van der Waals surface area contributed by atoms with Gasteiger partial charge in [-0.3, -0.25) is 4.79 Å². The fraction of sp³-hybridized carbons (Fsp3) is 0.231. The van der Waals surface area contributed by atoms with E-state index in [0.29, 0.717) is 16.5 Å². The van der Waals surface area contributed by atoms with Gasteiger partial charge in [0.25, 0.3) is 5.91 Å². The Morgan fingerprint density at radius 2 is 2.26 bits per heavy atom. The van der Waals surface area contributed by atoms with E-state index < -0.39 is 0 Å². The average molecular weight is 280 g/mol. The van der Waals surface area contributed by atoms with Crippen molar-refractivity contribution >= 4 is 17.5 Å². The number of aromatic nitrogens is 2. The van der Waals surface area contributed by atoms with Crippen LogP contribution in [-0.4, -0.2) is 22.7 Å². The van der Waals surface area contributed by atoms with Gasteiger partial charge in [0.2, 0.25) is 0 Å². The molecule has 100 valence electrons. The summed E-state index contributed by atoms with van der Waals surface area (Å²) in [5.74, 6) is 0.367. The molecule has 5 nitrogen and oxygen atoms in total. The second-order valence-electron chi connectivity index (χ2n) is 4.03. The minimum Gasteiger partial charge on any atom is -0.470 e. The molecule has 1 aromatic carbocycles. The van der Waals surface area contributed by atoms with Crippen molar-refractivity contribution in [2.75, 3.05) is 7.05 Å². The summed E-state index contributed by atoms with van der Waals surface area (Å²) < 4.78 is 7.10. The Bertz CT molecular complexity index is 595. The van der Waals surface area contributed by atoms with Crippen molar-refractivity contribution in [3.05, 3.63) is 46.7 Å². The van der Waals surface area contributed by atoms with Crippen molar-refractivity contribution in [3.63, 3.8) is 0 Å². The molecule has 6 heteroatoms. The zero-order chi connectivity index (χ0) is 13.8. The maximum Gasteiger partial charge on any atom is 0.271 e.